The average Bonchev–Trinajstić information content (AvgIpc) is 2.67. The average molecular weight is 234 g/mol. The number of rotatable bonds is 3. The number of hydrogen-bond donors (Lipinski definition) is 3. The molecule has 0 heterocycles. The topological polar surface area (TPSA) is 75.3 Å². The molecule has 1 aromatic rings. The van der Waals surface area contributed by atoms with Gasteiger partial charge in [0.1, 0.15) is 0 Å². The first kappa shape index (κ1) is 11.8. The Hall–Kier alpha value is -1.71. The molecule has 0 aromatic heterocycles. The molecule has 4 N–H and O–H groups in total. The van der Waals surface area contributed by atoms with E-state index in [-0.39, 0.29) is 11.1 Å². The number of nitrogen functional groups attached to an aromatic ring is 1. The first-order valence-corrected chi connectivity index (χ1v) is 5.91. The van der Waals surface area contributed by atoms with Crippen LogP contribution in [-0.4, -0.2) is 16.6 Å². The third-order valence-electron chi connectivity index (χ3n) is 3.42. The lowest BCUT2D eigenvalue weighted by Gasteiger charge is -2.27. The number of benzene rings is 1. The van der Waals surface area contributed by atoms with Crippen molar-refractivity contribution in [3.05, 3.63) is 23.8 Å². The molecule has 0 aliphatic heterocycles. The highest BCUT2D eigenvalue weighted by Gasteiger charge is 2.29. The molecular formula is C13H18N2O2. The van der Waals surface area contributed by atoms with Crippen molar-refractivity contribution in [2.45, 2.75) is 38.1 Å². The SMILES string of the molecule is CC1(Nc2ccc(N)cc2C(=O)O)CCCC1. The smallest absolute Gasteiger partial charge is 0.337 e. The molecule has 1 saturated carbocycles. The number of aromatic carboxylic acids is 1. The van der Waals surface area contributed by atoms with Crippen LogP contribution in [0, 0.1) is 0 Å². The highest BCUT2D eigenvalue weighted by atomic mass is 16.4. The number of nitrogens with two attached hydrogens (primary N) is 1. The summed E-state index contributed by atoms with van der Waals surface area (Å²) in [5, 5.41) is 12.5. The minimum Gasteiger partial charge on any atom is -0.478 e. The molecule has 0 bridgehead atoms. The van der Waals surface area contributed by atoms with Crippen molar-refractivity contribution in [1.29, 1.82) is 0 Å². The van der Waals surface area contributed by atoms with E-state index in [1.54, 1.807) is 12.1 Å². The minimum absolute atomic E-state index is 0.0142. The molecule has 1 aliphatic carbocycles. The zero-order chi connectivity index (χ0) is 12.5. The highest BCUT2D eigenvalue weighted by molar-refractivity contribution is 5.95. The maximum absolute atomic E-state index is 11.2. The molecule has 1 aromatic carbocycles. The van der Waals surface area contributed by atoms with E-state index < -0.39 is 5.97 Å². The Morgan fingerprint density at radius 1 is 1.41 bits per heavy atom. The van der Waals surface area contributed by atoms with Crippen LogP contribution in [-0.2, 0) is 0 Å². The van der Waals surface area contributed by atoms with Crippen LogP contribution in [0.1, 0.15) is 43.0 Å². The van der Waals surface area contributed by atoms with Crippen molar-refractivity contribution < 1.29 is 9.90 Å². The van der Waals surface area contributed by atoms with E-state index >= 15 is 0 Å². The quantitative estimate of drug-likeness (QED) is 0.703. The van der Waals surface area contributed by atoms with Gasteiger partial charge in [-0.3, -0.25) is 0 Å². The monoisotopic (exact) mass is 234 g/mol. The van der Waals surface area contributed by atoms with E-state index in [1.165, 1.54) is 18.9 Å². The summed E-state index contributed by atoms with van der Waals surface area (Å²) in [7, 11) is 0. The zero-order valence-corrected chi connectivity index (χ0v) is 9.99. The summed E-state index contributed by atoms with van der Waals surface area (Å²) in [6, 6.07) is 4.98. The summed E-state index contributed by atoms with van der Waals surface area (Å²) in [5.41, 5.74) is 7.02. The molecule has 17 heavy (non-hydrogen) atoms. The van der Waals surface area contributed by atoms with Crippen LogP contribution in [0.4, 0.5) is 11.4 Å². The Labute approximate surface area is 101 Å². The Balaban J connectivity index is 2.28. The number of hydrogen-bond acceptors (Lipinski definition) is 3. The van der Waals surface area contributed by atoms with Gasteiger partial charge in [-0.2, -0.15) is 0 Å². The first-order chi connectivity index (χ1) is 8.00. The minimum atomic E-state index is -0.943. The fourth-order valence-electron chi connectivity index (χ4n) is 2.45. The number of carboxylic acids is 1. The fourth-order valence-corrected chi connectivity index (χ4v) is 2.45. The lowest BCUT2D eigenvalue weighted by atomic mass is 9.99. The Morgan fingerprint density at radius 3 is 2.65 bits per heavy atom. The second kappa shape index (κ2) is 4.28. The van der Waals surface area contributed by atoms with E-state index in [2.05, 4.69) is 12.2 Å². The maximum Gasteiger partial charge on any atom is 0.337 e. The second-order valence-corrected chi connectivity index (χ2v) is 5.00. The van der Waals surface area contributed by atoms with Crippen LogP contribution in [0.3, 0.4) is 0 Å². The van der Waals surface area contributed by atoms with Gasteiger partial charge >= 0.3 is 5.97 Å². The van der Waals surface area contributed by atoms with Crippen molar-refractivity contribution in [3.63, 3.8) is 0 Å². The molecule has 1 aliphatic rings. The van der Waals surface area contributed by atoms with Gasteiger partial charge in [0.2, 0.25) is 0 Å². The standard InChI is InChI=1S/C13H18N2O2/c1-13(6-2-3-7-13)15-11-5-4-9(14)8-10(11)12(16)17/h4-5,8,15H,2-3,6-7,14H2,1H3,(H,16,17). The van der Waals surface area contributed by atoms with E-state index in [0.29, 0.717) is 11.4 Å². The van der Waals surface area contributed by atoms with E-state index in [9.17, 15) is 4.79 Å². The third kappa shape index (κ3) is 2.52. The number of nitrogens with one attached hydrogen (secondary N) is 1. The molecule has 1 fully saturated rings. The summed E-state index contributed by atoms with van der Waals surface area (Å²) < 4.78 is 0. The fraction of sp³-hybridized carbons (Fsp3) is 0.462. The van der Waals surface area contributed by atoms with E-state index in [0.717, 1.165) is 12.8 Å². The predicted octanol–water partition coefficient (Wildman–Crippen LogP) is 2.71. The van der Waals surface area contributed by atoms with Crippen molar-refractivity contribution in [3.8, 4) is 0 Å². The summed E-state index contributed by atoms with van der Waals surface area (Å²) in [4.78, 5) is 11.2. The van der Waals surface area contributed by atoms with Crippen LogP contribution in [0.2, 0.25) is 0 Å². The van der Waals surface area contributed by atoms with Gasteiger partial charge < -0.3 is 16.2 Å². The molecule has 0 saturated heterocycles. The number of carboxylic acid groups (broad SMARTS) is 1. The van der Waals surface area contributed by atoms with Gasteiger partial charge in [0, 0.05) is 16.9 Å². The van der Waals surface area contributed by atoms with Crippen molar-refractivity contribution in [2.75, 3.05) is 11.1 Å². The predicted molar refractivity (Wildman–Crippen MR) is 68.3 cm³/mol. The second-order valence-electron chi connectivity index (χ2n) is 5.00. The number of anilines is 2. The molecule has 0 amide bonds. The Kier molecular flexibility index (Phi) is 2.96. The van der Waals surface area contributed by atoms with E-state index in [4.69, 9.17) is 10.8 Å². The van der Waals surface area contributed by atoms with Crippen molar-refractivity contribution >= 4 is 17.3 Å². The molecular weight excluding hydrogens is 216 g/mol. The summed E-state index contributed by atoms with van der Waals surface area (Å²) in [6.45, 7) is 2.14. The van der Waals surface area contributed by atoms with Crippen molar-refractivity contribution in [2.24, 2.45) is 0 Å². The summed E-state index contributed by atoms with van der Waals surface area (Å²) in [6.07, 6.45) is 4.55. The van der Waals surface area contributed by atoms with Crippen LogP contribution in [0.15, 0.2) is 18.2 Å². The highest BCUT2D eigenvalue weighted by Crippen LogP contribution is 2.34. The summed E-state index contributed by atoms with van der Waals surface area (Å²) in [5.74, 6) is -0.943. The lowest BCUT2D eigenvalue weighted by molar-refractivity contribution is 0.0698. The van der Waals surface area contributed by atoms with Crippen LogP contribution < -0.4 is 11.1 Å². The van der Waals surface area contributed by atoms with Gasteiger partial charge in [0.05, 0.1) is 5.56 Å². The largest absolute Gasteiger partial charge is 0.478 e. The molecule has 92 valence electrons. The maximum atomic E-state index is 11.2. The molecule has 0 atom stereocenters. The van der Waals surface area contributed by atoms with E-state index in [1.807, 2.05) is 0 Å². The molecule has 0 spiro atoms. The molecule has 0 radical (unpaired) electrons. The Bertz CT molecular complexity index is 437. The number of carbonyl (C=O) groups is 1. The van der Waals surface area contributed by atoms with Crippen LogP contribution >= 0.6 is 0 Å². The summed E-state index contributed by atoms with van der Waals surface area (Å²) >= 11 is 0. The molecule has 2 rings (SSSR count). The van der Waals surface area contributed by atoms with Gasteiger partial charge in [-0.15, -0.1) is 0 Å². The first-order valence-electron chi connectivity index (χ1n) is 5.91. The zero-order valence-electron chi connectivity index (χ0n) is 9.99. The van der Waals surface area contributed by atoms with Crippen LogP contribution in [0.25, 0.3) is 0 Å². The molecule has 4 nitrogen and oxygen atoms in total. The molecule has 4 heteroatoms. The van der Waals surface area contributed by atoms with Gasteiger partial charge in [0.25, 0.3) is 0 Å². The molecule has 0 unspecified atom stereocenters. The van der Waals surface area contributed by atoms with Gasteiger partial charge in [-0.05, 0) is 38.0 Å². The van der Waals surface area contributed by atoms with Gasteiger partial charge in [0.15, 0.2) is 0 Å². The van der Waals surface area contributed by atoms with Gasteiger partial charge in [-0.25, -0.2) is 4.79 Å². The third-order valence-corrected chi connectivity index (χ3v) is 3.42. The Morgan fingerprint density at radius 2 is 2.06 bits per heavy atom. The van der Waals surface area contributed by atoms with Crippen molar-refractivity contribution in [1.82, 2.24) is 0 Å². The normalized spacial score (nSPS) is 17.9. The lowest BCUT2D eigenvalue weighted by Crippen LogP contribution is -2.31. The van der Waals surface area contributed by atoms with Crippen LogP contribution in [0.5, 0.6) is 0 Å². The van der Waals surface area contributed by atoms with Gasteiger partial charge in [-0.1, -0.05) is 12.8 Å².